The molecule has 1 aromatic carbocycles. The summed E-state index contributed by atoms with van der Waals surface area (Å²) in [6, 6.07) is 8.12. The predicted molar refractivity (Wildman–Crippen MR) is 106 cm³/mol. The fourth-order valence-corrected chi connectivity index (χ4v) is 4.98. The van der Waals surface area contributed by atoms with E-state index in [0.717, 1.165) is 6.42 Å². The van der Waals surface area contributed by atoms with Gasteiger partial charge in [-0.05, 0) is 31.4 Å². The number of carbonyl (C=O) groups is 4. The molecule has 0 saturated carbocycles. The van der Waals surface area contributed by atoms with E-state index in [2.05, 4.69) is 10.6 Å². The molecule has 0 spiro atoms. The van der Waals surface area contributed by atoms with Crippen LogP contribution in [0, 0.1) is 17.2 Å². The summed E-state index contributed by atoms with van der Waals surface area (Å²) >= 11 is 0. The molecule has 3 unspecified atom stereocenters. The Kier molecular flexibility index (Phi) is 4.39. The predicted octanol–water partition coefficient (Wildman–Crippen LogP) is 1.17. The lowest BCUT2D eigenvalue weighted by Crippen LogP contribution is -2.45. The van der Waals surface area contributed by atoms with Gasteiger partial charge in [-0.15, -0.1) is 0 Å². The third-order valence-electron chi connectivity index (χ3n) is 6.30. The topological polar surface area (TPSA) is 136 Å². The molecule has 2 N–H and O–H groups in total. The molecule has 3 aliphatic rings. The smallest absolute Gasteiger partial charge is 0.325 e. The van der Waals surface area contributed by atoms with Crippen LogP contribution >= 0.6 is 0 Å². The Hall–Kier alpha value is -3.87. The quantitative estimate of drug-likeness (QED) is 0.712. The second-order valence-electron chi connectivity index (χ2n) is 8.05. The van der Waals surface area contributed by atoms with Crippen molar-refractivity contribution in [1.29, 1.82) is 5.26 Å². The Labute approximate surface area is 176 Å². The number of hydrogen-bond acceptors (Lipinski definition) is 6. The molecular weight excluding hydrogens is 402 g/mol. The standard InChI is InChI=1S/C21H19N5O5/c22-8-16-19(12-3-1-2-4-15(12)31-16)24-20(29)13-7-11-5-6-14(13)26(11)18(28)10-25-9-17(27)23-21(25)30/h1-4,11,13-14H,5-7,9-10H2,(H,24,29)(H,23,27,30). The molecular formula is C21H19N5O5. The van der Waals surface area contributed by atoms with Crippen LogP contribution in [-0.4, -0.2) is 58.7 Å². The van der Waals surface area contributed by atoms with Crippen molar-refractivity contribution in [3.05, 3.63) is 30.0 Å². The van der Waals surface area contributed by atoms with Gasteiger partial charge in [0.05, 0.1) is 5.92 Å². The Morgan fingerprint density at radius 1 is 1.26 bits per heavy atom. The van der Waals surface area contributed by atoms with Crippen LogP contribution in [0.25, 0.3) is 11.0 Å². The van der Waals surface area contributed by atoms with Crippen LogP contribution in [0.3, 0.4) is 0 Å². The summed E-state index contributed by atoms with van der Waals surface area (Å²) in [7, 11) is 0. The van der Waals surface area contributed by atoms with Gasteiger partial charge in [0.25, 0.3) is 0 Å². The van der Waals surface area contributed by atoms with Gasteiger partial charge in [0.15, 0.2) is 0 Å². The number of imide groups is 1. The highest BCUT2D eigenvalue weighted by molar-refractivity contribution is 6.05. The summed E-state index contributed by atoms with van der Waals surface area (Å²) in [4.78, 5) is 52.0. The van der Waals surface area contributed by atoms with E-state index in [1.807, 2.05) is 6.07 Å². The van der Waals surface area contributed by atoms with Crippen LogP contribution in [0.4, 0.5) is 10.5 Å². The summed E-state index contributed by atoms with van der Waals surface area (Å²) in [6.45, 7) is -0.327. The molecule has 5 rings (SSSR count). The van der Waals surface area contributed by atoms with Crippen molar-refractivity contribution in [3.63, 3.8) is 0 Å². The first kappa shape index (κ1) is 19.1. The maximum absolute atomic E-state index is 13.1. The van der Waals surface area contributed by atoms with E-state index in [0.29, 0.717) is 29.5 Å². The van der Waals surface area contributed by atoms with Gasteiger partial charge < -0.3 is 19.5 Å². The van der Waals surface area contributed by atoms with Gasteiger partial charge >= 0.3 is 6.03 Å². The number of nitrogens with zero attached hydrogens (tertiary/aromatic N) is 3. The number of para-hydroxylation sites is 1. The van der Waals surface area contributed by atoms with Gasteiger partial charge in [-0.2, -0.15) is 5.26 Å². The number of anilines is 1. The molecule has 158 valence electrons. The van der Waals surface area contributed by atoms with Crippen molar-refractivity contribution in [2.24, 2.45) is 5.92 Å². The van der Waals surface area contributed by atoms with Crippen molar-refractivity contribution in [2.75, 3.05) is 18.4 Å². The van der Waals surface area contributed by atoms with Crippen molar-refractivity contribution >= 4 is 40.4 Å². The Morgan fingerprint density at radius 2 is 2.06 bits per heavy atom. The third-order valence-corrected chi connectivity index (χ3v) is 6.30. The van der Waals surface area contributed by atoms with E-state index in [-0.39, 0.29) is 42.7 Å². The maximum atomic E-state index is 13.1. The summed E-state index contributed by atoms with van der Waals surface area (Å²) in [5, 5.41) is 15.0. The minimum absolute atomic E-state index is 0.0374. The summed E-state index contributed by atoms with van der Waals surface area (Å²) in [5.41, 5.74) is 0.855. The SMILES string of the molecule is N#Cc1oc2ccccc2c1NC(=O)C1CC2CCC1N2C(=O)CN1CC(=O)NC1=O. The normalized spacial score (nSPS) is 24.5. The average molecular weight is 421 g/mol. The highest BCUT2D eigenvalue weighted by Gasteiger charge is 2.51. The highest BCUT2D eigenvalue weighted by atomic mass is 16.3. The first-order valence-electron chi connectivity index (χ1n) is 10.1. The van der Waals surface area contributed by atoms with E-state index in [1.165, 1.54) is 4.90 Å². The molecule has 0 aliphatic carbocycles. The van der Waals surface area contributed by atoms with Crippen molar-refractivity contribution in [2.45, 2.75) is 31.3 Å². The van der Waals surface area contributed by atoms with Crippen molar-refractivity contribution in [3.8, 4) is 6.07 Å². The minimum Gasteiger partial charge on any atom is -0.443 e. The van der Waals surface area contributed by atoms with Crippen LogP contribution in [0.5, 0.6) is 0 Å². The second kappa shape index (κ2) is 7.12. The van der Waals surface area contributed by atoms with E-state index < -0.39 is 17.9 Å². The average Bonchev–Trinajstić information content (AvgIpc) is 3.50. The number of hydrogen-bond donors (Lipinski definition) is 2. The molecule has 3 aliphatic heterocycles. The van der Waals surface area contributed by atoms with E-state index in [4.69, 9.17) is 4.42 Å². The van der Waals surface area contributed by atoms with Gasteiger partial charge in [-0.25, -0.2) is 4.79 Å². The molecule has 5 amide bonds. The first-order valence-corrected chi connectivity index (χ1v) is 10.1. The zero-order valence-electron chi connectivity index (χ0n) is 16.5. The van der Waals surface area contributed by atoms with E-state index in [1.54, 1.807) is 29.2 Å². The van der Waals surface area contributed by atoms with Crippen LogP contribution in [0.15, 0.2) is 28.7 Å². The van der Waals surface area contributed by atoms with Gasteiger partial charge in [-0.1, -0.05) is 12.1 Å². The van der Waals surface area contributed by atoms with Gasteiger partial charge in [0.1, 0.15) is 30.4 Å². The Balaban J connectivity index is 1.32. The van der Waals surface area contributed by atoms with Crippen LogP contribution in [0.2, 0.25) is 0 Å². The summed E-state index contributed by atoms with van der Waals surface area (Å²) in [6.07, 6.45) is 2.01. The van der Waals surface area contributed by atoms with Gasteiger partial charge in [-0.3, -0.25) is 19.7 Å². The lowest BCUT2D eigenvalue weighted by molar-refractivity contribution is -0.133. The number of rotatable bonds is 4. The van der Waals surface area contributed by atoms with Gasteiger partial charge in [0.2, 0.25) is 23.5 Å². The van der Waals surface area contributed by atoms with Crippen molar-refractivity contribution < 1.29 is 23.6 Å². The van der Waals surface area contributed by atoms with Gasteiger partial charge in [0, 0.05) is 17.5 Å². The number of urea groups is 1. The Bertz CT molecular complexity index is 1160. The van der Waals surface area contributed by atoms with E-state index >= 15 is 0 Å². The lowest BCUT2D eigenvalue weighted by Gasteiger charge is -2.25. The highest BCUT2D eigenvalue weighted by Crippen LogP contribution is 2.43. The summed E-state index contributed by atoms with van der Waals surface area (Å²) < 4.78 is 5.52. The Morgan fingerprint density at radius 3 is 2.81 bits per heavy atom. The number of benzene rings is 1. The number of fused-ring (bicyclic) bond motifs is 3. The number of furan rings is 1. The molecule has 0 radical (unpaired) electrons. The molecule has 2 aromatic rings. The molecule has 3 saturated heterocycles. The first-order chi connectivity index (χ1) is 15.0. The number of nitriles is 1. The third kappa shape index (κ3) is 3.09. The molecule has 3 atom stereocenters. The zero-order chi connectivity index (χ0) is 21.7. The molecule has 4 heterocycles. The zero-order valence-corrected chi connectivity index (χ0v) is 16.5. The molecule has 10 nitrogen and oxygen atoms in total. The van der Waals surface area contributed by atoms with E-state index in [9.17, 15) is 24.4 Å². The minimum atomic E-state index is -0.574. The number of nitrogens with one attached hydrogen (secondary N) is 2. The molecule has 31 heavy (non-hydrogen) atoms. The molecule has 3 fully saturated rings. The molecule has 2 bridgehead atoms. The van der Waals surface area contributed by atoms with Crippen LogP contribution in [-0.2, 0) is 14.4 Å². The number of amides is 5. The van der Waals surface area contributed by atoms with Crippen molar-refractivity contribution in [1.82, 2.24) is 15.1 Å². The molecule has 1 aromatic heterocycles. The maximum Gasteiger partial charge on any atom is 0.325 e. The molecule has 10 heteroatoms. The second-order valence-corrected chi connectivity index (χ2v) is 8.05. The fraction of sp³-hybridized carbons (Fsp3) is 0.381. The summed E-state index contributed by atoms with van der Waals surface area (Å²) in [5.74, 6) is -1.34. The largest absolute Gasteiger partial charge is 0.443 e. The van der Waals surface area contributed by atoms with Crippen LogP contribution < -0.4 is 10.6 Å². The van der Waals surface area contributed by atoms with Crippen LogP contribution in [0.1, 0.15) is 25.0 Å². The monoisotopic (exact) mass is 421 g/mol. The lowest BCUT2D eigenvalue weighted by atomic mass is 9.88. The fourth-order valence-electron chi connectivity index (χ4n) is 4.98. The number of carbonyl (C=O) groups excluding carboxylic acids is 4.